The molecule has 2 aromatic carbocycles. The Labute approximate surface area is 138 Å². The molecule has 4 nitrogen and oxygen atoms in total. The highest BCUT2D eigenvalue weighted by molar-refractivity contribution is 5.94. The molecule has 3 rings (SSSR count). The van der Waals surface area contributed by atoms with Gasteiger partial charge in [0.2, 0.25) is 0 Å². The lowest BCUT2D eigenvalue weighted by Gasteiger charge is -2.34. The Morgan fingerprint density at radius 3 is 2.57 bits per heavy atom. The summed E-state index contributed by atoms with van der Waals surface area (Å²) in [5, 5.41) is 3.52. The van der Waals surface area contributed by atoms with E-state index in [4.69, 9.17) is 10.5 Å². The third-order valence-electron chi connectivity index (χ3n) is 4.31. The van der Waals surface area contributed by atoms with Gasteiger partial charge < -0.3 is 20.7 Å². The minimum Gasteiger partial charge on any atom is -0.494 e. The van der Waals surface area contributed by atoms with Gasteiger partial charge in [-0.05, 0) is 43.7 Å². The smallest absolute Gasteiger partial charge is 0.144 e. The Kier molecular flexibility index (Phi) is 5.03. The maximum atomic E-state index is 5.58. The predicted octanol–water partition coefficient (Wildman–Crippen LogP) is 4.41. The third-order valence-corrected chi connectivity index (χ3v) is 4.31. The Morgan fingerprint density at radius 1 is 0.957 bits per heavy atom. The number of ether oxygens (including phenoxy) is 1. The Hall–Kier alpha value is -2.20. The molecule has 0 aliphatic carbocycles. The fourth-order valence-electron chi connectivity index (χ4n) is 3.13. The molecule has 1 heterocycles. The van der Waals surface area contributed by atoms with E-state index < -0.39 is 0 Å². The molecule has 0 aromatic heterocycles. The molecule has 0 bridgehead atoms. The summed E-state index contributed by atoms with van der Waals surface area (Å²) < 4.78 is 5.53. The summed E-state index contributed by atoms with van der Waals surface area (Å²) >= 11 is 0. The van der Waals surface area contributed by atoms with Crippen LogP contribution in [0, 0.1) is 0 Å². The van der Waals surface area contributed by atoms with Crippen LogP contribution in [0.2, 0.25) is 0 Å². The van der Waals surface area contributed by atoms with Gasteiger partial charge in [0.15, 0.2) is 0 Å². The maximum Gasteiger partial charge on any atom is 0.144 e. The zero-order valence-electron chi connectivity index (χ0n) is 13.7. The Balaban J connectivity index is 1.86. The zero-order valence-corrected chi connectivity index (χ0v) is 13.7. The first kappa shape index (κ1) is 15.7. The van der Waals surface area contributed by atoms with Crippen LogP contribution in [0.15, 0.2) is 42.5 Å². The van der Waals surface area contributed by atoms with Gasteiger partial charge in [0.1, 0.15) is 11.4 Å². The van der Waals surface area contributed by atoms with Gasteiger partial charge in [-0.15, -0.1) is 0 Å². The number of nitrogens with two attached hydrogens (primary N) is 1. The van der Waals surface area contributed by atoms with E-state index in [0.717, 1.165) is 43.1 Å². The molecule has 0 amide bonds. The van der Waals surface area contributed by atoms with Crippen molar-refractivity contribution in [2.24, 2.45) is 5.73 Å². The van der Waals surface area contributed by atoms with Crippen LogP contribution in [0.1, 0.15) is 25.7 Å². The maximum absolute atomic E-state index is 5.58. The summed E-state index contributed by atoms with van der Waals surface area (Å²) in [6, 6.07) is 14.6. The molecule has 23 heavy (non-hydrogen) atoms. The fraction of sp³-hybridized carbons (Fsp3) is 0.368. The first-order valence-corrected chi connectivity index (χ1v) is 8.36. The van der Waals surface area contributed by atoms with Crippen molar-refractivity contribution in [2.75, 3.05) is 30.4 Å². The summed E-state index contributed by atoms with van der Waals surface area (Å²) in [6.07, 6.45) is 4.69. The highest BCUT2D eigenvalue weighted by Gasteiger charge is 2.24. The summed E-state index contributed by atoms with van der Waals surface area (Å²) in [6.45, 7) is 1.79. The minimum atomic E-state index is 0.788. The van der Waals surface area contributed by atoms with Crippen LogP contribution in [0.4, 0.5) is 22.7 Å². The van der Waals surface area contributed by atoms with Crippen molar-refractivity contribution in [3.05, 3.63) is 42.5 Å². The number of unbranched alkanes of at least 4 members (excludes halogenated alkanes) is 3. The van der Waals surface area contributed by atoms with Crippen LogP contribution in [-0.2, 0) is 0 Å². The highest BCUT2D eigenvalue weighted by atomic mass is 16.5. The van der Waals surface area contributed by atoms with Gasteiger partial charge in [0, 0.05) is 6.54 Å². The molecule has 3 N–H and O–H groups in total. The summed E-state index contributed by atoms with van der Waals surface area (Å²) in [5.41, 5.74) is 10.2. The number of para-hydroxylation sites is 3. The van der Waals surface area contributed by atoms with E-state index >= 15 is 0 Å². The van der Waals surface area contributed by atoms with Gasteiger partial charge in [0.05, 0.1) is 24.2 Å². The first-order valence-electron chi connectivity index (χ1n) is 8.36. The molecule has 1 aliphatic heterocycles. The van der Waals surface area contributed by atoms with Gasteiger partial charge in [-0.1, -0.05) is 31.0 Å². The number of rotatable bonds is 7. The second-order valence-corrected chi connectivity index (χ2v) is 5.85. The van der Waals surface area contributed by atoms with Crippen LogP contribution in [0.5, 0.6) is 5.75 Å². The monoisotopic (exact) mass is 311 g/mol. The summed E-state index contributed by atoms with van der Waals surface area (Å²) in [7, 11) is 1.72. The Morgan fingerprint density at radius 2 is 1.74 bits per heavy atom. The second kappa shape index (κ2) is 7.38. The molecule has 0 spiro atoms. The van der Waals surface area contributed by atoms with Crippen LogP contribution in [-0.4, -0.2) is 20.2 Å². The van der Waals surface area contributed by atoms with E-state index in [1.807, 2.05) is 6.07 Å². The van der Waals surface area contributed by atoms with Crippen molar-refractivity contribution in [1.82, 2.24) is 0 Å². The van der Waals surface area contributed by atoms with E-state index in [-0.39, 0.29) is 0 Å². The van der Waals surface area contributed by atoms with Gasteiger partial charge in [0.25, 0.3) is 0 Å². The number of anilines is 4. The number of hydrogen-bond donors (Lipinski definition) is 2. The van der Waals surface area contributed by atoms with Crippen molar-refractivity contribution in [3.63, 3.8) is 0 Å². The van der Waals surface area contributed by atoms with Crippen molar-refractivity contribution in [1.29, 1.82) is 0 Å². The number of nitrogens with zero attached hydrogens (tertiary/aromatic N) is 1. The quantitative estimate of drug-likeness (QED) is 0.744. The van der Waals surface area contributed by atoms with Gasteiger partial charge in [-0.3, -0.25) is 0 Å². The molecule has 0 atom stereocenters. The number of hydrogen-bond acceptors (Lipinski definition) is 4. The lowest BCUT2D eigenvalue weighted by Crippen LogP contribution is -2.24. The van der Waals surface area contributed by atoms with Crippen LogP contribution in [0.3, 0.4) is 0 Å². The van der Waals surface area contributed by atoms with E-state index in [0.29, 0.717) is 0 Å². The molecule has 122 valence electrons. The normalized spacial score (nSPS) is 12.3. The van der Waals surface area contributed by atoms with E-state index in [1.54, 1.807) is 7.11 Å². The number of benzene rings is 2. The van der Waals surface area contributed by atoms with Gasteiger partial charge >= 0.3 is 0 Å². The fourth-order valence-corrected chi connectivity index (χ4v) is 3.13. The van der Waals surface area contributed by atoms with Crippen LogP contribution in [0.25, 0.3) is 0 Å². The second-order valence-electron chi connectivity index (χ2n) is 5.85. The predicted molar refractivity (Wildman–Crippen MR) is 97.2 cm³/mol. The topological polar surface area (TPSA) is 50.5 Å². The van der Waals surface area contributed by atoms with Crippen LogP contribution >= 0.6 is 0 Å². The average molecular weight is 311 g/mol. The molecule has 0 saturated heterocycles. The van der Waals surface area contributed by atoms with Gasteiger partial charge in [-0.2, -0.15) is 0 Å². The molecule has 2 aromatic rings. The lowest BCUT2D eigenvalue weighted by atomic mass is 10.1. The number of nitrogens with one attached hydrogen (secondary N) is 1. The molecule has 0 radical (unpaired) electrons. The average Bonchev–Trinajstić information content (AvgIpc) is 2.60. The zero-order chi connectivity index (χ0) is 16.1. The summed E-state index contributed by atoms with van der Waals surface area (Å²) in [5.74, 6) is 0.880. The van der Waals surface area contributed by atoms with E-state index in [9.17, 15) is 0 Å². The number of fused-ring (bicyclic) bond motifs is 2. The minimum absolute atomic E-state index is 0.788. The third kappa shape index (κ3) is 3.27. The van der Waals surface area contributed by atoms with Crippen molar-refractivity contribution in [3.8, 4) is 5.75 Å². The SMILES string of the molecule is COc1cccc2c1Nc1ccccc1N2CCCCCCN. The summed E-state index contributed by atoms with van der Waals surface area (Å²) in [4.78, 5) is 2.39. The molecule has 1 aliphatic rings. The van der Waals surface area contributed by atoms with Crippen molar-refractivity contribution in [2.45, 2.75) is 25.7 Å². The van der Waals surface area contributed by atoms with E-state index in [1.165, 1.54) is 24.2 Å². The molecule has 0 saturated carbocycles. The standard InChI is InChI=1S/C19H25N3O/c1-23-18-12-8-11-17-19(18)21-15-9-4-5-10-16(15)22(17)14-7-3-2-6-13-20/h4-5,8-12,21H,2-3,6-7,13-14,20H2,1H3. The first-order chi connectivity index (χ1) is 11.3. The molecule has 0 unspecified atom stereocenters. The molecular formula is C19H25N3O. The number of methoxy groups -OCH3 is 1. The molecular weight excluding hydrogens is 286 g/mol. The van der Waals surface area contributed by atoms with Gasteiger partial charge in [-0.25, -0.2) is 0 Å². The van der Waals surface area contributed by atoms with Crippen LogP contribution < -0.4 is 20.7 Å². The van der Waals surface area contributed by atoms with E-state index in [2.05, 4.69) is 46.6 Å². The highest BCUT2D eigenvalue weighted by Crippen LogP contribution is 2.47. The molecule has 0 fully saturated rings. The van der Waals surface area contributed by atoms with Crippen molar-refractivity contribution >= 4 is 22.7 Å². The molecule has 4 heteroatoms. The largest absolute Gasteiger partial charge is 0.494 e. The van der Waals surface area contributed by atoms with Crippen molar-refractivity contribution < 1.29 is 4.74 Å². The lowest BCUT2D eigenvalue weighted by molar-refractivity contribution is 0.417. The Bertz CT molecular complexity index is 657.